The molecule has 0 bridgehead atoms. The fourth-order valence-electron chi connectivity index (χ4n) is 11.6. The Balaban J connectivity index is 1.05. The van der Waals surface area contributed by atoms with Crippen molar-refractivity contribution < 1.29 is 0 Å². The molecule has 0 amide bonds. The summed E-state index contributed by atoms with van der Waals surface area (Å²) in [6, 6.07) is 90.2. The number of aromatic nitrogens is 2. The third-order valence-corrected chi connectivity index (χ3v) is 14.4. The molecule has 14 rings (SSSR count). The SMILES string of the molecule is c1ccc(C2(c3ccccc3)c3ccccc3-c3c2ccc2c4cc(-c5ccc6c(c5)c5ccccc5n6-c5cccc6ccccc56)ccc4n(-c4ccc5ccccc5c4)c32)cc1. The molecule has 2 nitrogen and oxygen atoms in total. The number of fused-ring (bicyclic) bond motifs is 12. The van der Waals surface area contributed by atoms with Crippen molar-refractivity contribution in [2.24, 2.45) is 0 Å². The van der Waals surface area contributed by atoms with Gasteiger partial charge in [-0.05, 0) is 104 Å². The molecule has 2 aromatic heterocycles. The molecule has 0 unspecified atom stereocenters. The maximum Gasteiger partial charge on any atom is 0.0714 e. The lowest BCUT2D eigenvalue weighted by atomic mass is 9.67. The van der Waals surface area contributed by atoms with Crippen LogP contribution in [-0.4, -0.2) is 9.13 Å². The fraction of sp³-hybridized carbons (Fsp3) is 0.0159. The molecular formula is C63H40N2. The van der Waals surface area contributed by atoms with Crippen LogP contribution in [0.5, 0.6) is 0 Å². The van der Waals surface area contributed by atoms with Crippen LogP contribution in [0.2, 0.25) is 0 Å². The first kappa shape index (κ1) is 36.1. The number of rotatable bonds is 5. The number of hydrogen-bond donors (Lipinski definition) is 0. The Morgan fingerprint density at radius 2 is 0.892 bits per heavy atom. The minimum absolute atomic E-state index is 0.501. The van der Waals surface area contributed by atoms with Gasteiger partial charge in [-0.3, -0.25) is 0 Å². The van der Waals surface area contributed by atoms with Crippen LogP contribution < -0.4 is 0 Å². The van der Waals surface area contributed by atoms with E-state index in [1.807, 2.05) is 0 Å². The Morgan fingerprint density at radius 1 is 0.308 bits per heavy atom. The molecule has 2 heteroatoms. The molecule has 302 valence electrons. The van der Waals surface area contributed by atoms with E-state index in [1.54, 1.807) is 0 Å². The first-order chi connectivity index (χ1) is 32.3. The molecule has 2 heterocycles. The molecule has 1 aliphatic rings. The molecular weight excluding hydrogens is 785 g/mol. The molecule has 65 heavy (non-hydrogen) atoms. The molecule has 11 aromatic carbocycles. The van der Waals surface area contributed by atoms with E-state index in [0.717, 1.165) is 5.69 Å². The summed E-state index contributed by atoms with van der Waals surface area (Å²) in [5.41, 5.74) is 16.8. The topological polar surface area (TPSA) is 9.86 Å². The van der Waals surface area contributed by atoms with Crippen molar-refractivity contribution in [3.8, 4) is 33.6 Å². The highest BCUT2D eigenvalue weighted by atomic mass is 15.0. The average Bonchev–Trinajstić information content (AvgIpc) is 4.00. The summed E-state index contributed by atoms with van der Waals surface area (Å²) in [5, 5.41) is 9.92. The van der Waals surface area contributed by atoms with E-state index < -0.39 is 5.41 Å². The summed E-state index contributed by atoms with van der Waals surface area (Å²) in [7, 11) is 0. The molecule has 0 atom stereocenters. The zero-order valence-corrected chi connectivity index (χ0v) is 35.5. The molecule has 0 spiro atoms. The quantitative estimate of drug-likeness (QED) is 0.164. The van der Waals surface area contributed by atoms with Gasteiger partial charge in [-0.15, -0.1) is 0 Å². The van der Waals surface area contributed by atoms with E-state index in [0.29, 0.717) is 0 Å². The molecule has 0 saturated carbocycles. The second kappa shape index (κ2) is 13.8. The summed E-state index contributed by atoms with van der Waals surface area (Å²) in [4.78, 5) is 0. The standard InChI is InChI=1S/C63H40N2/c1-3-20-46(21-4-1)63(47-22-5-2-6-23-47)55-27-13-11-26-52(55)61-56(63)35-34-51-54-40-45(31-36-59(54)64(62(51)61)48-33-30-41-16-7-8-18-43(41)38-48)44-32-37-60-53(39-44)50-25-12-14-28-58(50)65(60)57-29-15-19-42-17-9-10-24-49(42)57/h1-40H. The lowest BCUT2D eigenvalue weighted by Crippen LogP contribution is -2.28. The van der Waals surface area contributed by atoms with Gasteiger partial charge < -0.3 is 9.13 Å². The Bertz CT molecular complexity index is 4010. The predicted molar refractivity (Wildman–Crippen MR) is 273 cm³/mol. The van der Waals surface area contributed by atoms with Gasteiger partial charge in [0.2, 0.25) is 0 Å². The predicted octanol–water partition coefficient (Wildman–Crippen LogP) is 16.2. The number of hydrogen-bond acceptors (Lipinski definition) is 0. The molecule has 0 saturated heterocycles. The van der Waals surface area contributed by atoms with Crippen LogP contribution in [0.4, 0.5) is 0 Å². The van der Waals surface area contributed by atoms with Crippen LogP contribution in [0.1, 0.15) is 22.3 Å². The zero-order valence-electron chi connectivity index (χ0n) is 35.5. The highest BCUT2D eigenvalue weighted by Crippen LogP contribution is 2.58. The second-order valence-electron chi connectivity index (χ2n) is 17.6. The molecule has 0 aliphatic heterocycles. The number of nitrogens with zero attached hydrogens (tertiary/aromatic N) is 2. The summed E-state index contributed by atoms with van der Waals surface area (Å²) in [6.45, 7) is 0. The molecule has 13 aromatic rings. The minimum atomic E-state index is -0.501. The largest absolute Gasteiger partial charge is 0.309 e. The van der Waals surface area contributed by atoms with Gasteiger partial charge in [-0.25, -0.2) is 0 Å². The third-order valence-electron chi connectivity index (χ3n) is 14.4. The van der Waals surface area contributed by atoms with Gasteiger partial charge in [0.05, 0.1) is 33.2 Å². The van der Waals surface area contributed by atoms with Gasteiger partial charge in [0.1, 0.15) is 0 Å². The molecule has 0 radical (unpaired) electrons. The van der Waals surface area contributed by atoms with Gasteiger partial charge in [0, 0.05) is 38.2 Å². The van der Waals surface area contributed by atoms with Crippen molar-refractivity contribution in [3.05, 3.63) is 265 Å². The Morgan fingerprint density at radius 3 is 1.66 bits per heavy atom. The van der Waals surface area contributed by atoms with Crippen molar-refractivity contribution in [1.82, 2.24) is 9.13 Å². The third kappa shape index (κ3) is 5.05. The van der Waals surface area contributed by atoms with Crippen molar-refractivity contribution in [2.75, 3.05) is 0 Å². The molecule has 0 N–H and O–H groups in total. The molecule has 1 aliphatic carbocycles. The maximum absolute atomic E-state index is 2.55. The smallest absolute Gasteiger partial charge is 0.0714 e. The summed E-state index contributed by atoms with van der Waals surface area (Å²) in [5.74, 6) is 0. The van der Waals surface area contributed by atoms with Crippen molar-refractivity contribution >= 4 is 65.2 Å². The van der Waals surface area contributed by atoms with Crippen LogP contribution in [0.25, 0.3) is 98.8 Å². The van der Waals surface area contributed by atoms with E-state index >= 15 is 0 Å². The summed E-state index contributed by atoms with van der Waals surface area (Å²) >= 11 is 0. The van der Waals surface area contributed by atoms with Gasteiger partial charge in [-0.1, -0.05) is 194 Å². The van der Waals surface area contributed by atoms with Crippen LogP contribution in [-0.2, 0) is 5.41 Å². The van der Waals surface area contributed by atoms with Gasteiger partial charge in [0.25, 0.3) is 0 Å². The lowest BCUT2D eigenvalue weighted by Gasteiger charge is -2.33. The maximum atomic E-state index is 2.55. The van der Waals surface area contributed by atoms with Crippen molar-refractivity contribution in [1.29, 1.82) is 0 Å². The Kier molecular flexibility index (Phi) is 7.64. The summed E-state index contributed by atoms with van der Waals surface area (Å²) < 4.78 is 4.99. The van der Waals surface area contributed by atoms with E-state index in [2.05, 4.69) is 252 Å². The first-order valence-electron chi connectivity index (χ1n) is 22.6. The van der Waals surface area contributed by atoms with Gasteiger partial charge in [0.15, 0.2) is 0 Å². The van der Waals surface area contributed by atoms with Crippen LogP contribution in [0.15, 0.2) is 243 Å². The van der Waals surface area contributed by atoms with Gasteiger partial charge >= 0.3 is 0 Å². The Labute approximate surface area is 376 Å². The number of para-hydroxylation sites is 1. The van der Waals surface area contributed by atoms with Crippen LogP contribution in [0.3, 0.4) is 0 Å². The van der Waals surface area contributed by atoms with Crippen molar-refractivity contribution in [3.63, 3.8) is 0 Å². The van der Waals surface area contributed by atoms with E-state index in [9.17, 15) is 0 Å². The summed E-state index contributed by atoms with van der Waals surface area (Å²) in [6.07, 6.45) is 0. The number of benzene rings is 11. The lowest BCUT2D eigenvalue weighted by molar-refractivity contribution is 0.769. The highest BCUT2D eigenvalue weighted by molar-refractivity contribution is 6.18. The zero-order chi connectivity index (χ0) is 42.6. The molecule has 0 fully saturated rings. The van der Waals surface area contributed by atoms with Crippen LogP contribution >= 0.6 is 0 Å². The Hall–Kier alpha value is -8.46. The van der Waals surface area contributed by atoms with Crippen LogP contribution in [0, 0.1) is 0 Å². The fourth-order valence-corrected chi connectivity index (χ4v) is 11.6. The van der Waals surface area contributed by atoms with E-state index in [1.165, 1.54) is 115 Å². The second-order valence-corrected chi connectivity index (χ2v) is 17.6. The monoisotopic (exact) mass is 824 g/mol. The normalized spacial score (nSPS) is 13.0. The van der Waals surface area contributed by atoms with Gasteiger partial charge in [-0.2, -0.15) is 0 Å². The minimum Gasteiger partial charge on any atom is -0.309 e. The average molecular weight is 825 g/mol. The van der Waals surface area contributed by atoms with Crippen molar-refractivity contribution in [2.45, 2.75) is 5.41 Å². The highest BCUT2D eigenvalue weighted by Gasteiger charge is 2.47. The van der Waals surface area contributed by atoms with E-state index in [-0.39, 0.29) is 0 Å². The first-order valence-corrected chi connectivity index (χ1v) is 22.6. The van der Waals surface area contributed by atoms with E-state index in [4.69, 9.17) is 0 Å².